The molecule has 0 radical (unpaired) electrons. The summed E-state index contributed by atoms with van der Waals surface area (Å²) in [5.41, 5.74) is -2.45. The number of carboxylic acid groups (broad SMARTS) is 1. The maximum absolute atomic E-state index is 11.6. The Balaban J connectivity index is 4.60. The summed E-state index contributed by atoms with van der Waals surface area (Å²) in [6, 6.07) is 0. The Morgan fingerprint density at radius 1 is 1.17 bits per heavy atom. The Hall–Kier alpha value is -1.15. The van der Waals surface area contributed by atoms with Crippen LogP contribution in [0.15, 0.2) is 0 Å². The molecule has 0 saturated carbocycles. The normalized spacial score (nSPS) is 13.2. The molecule has 0 heterocycles. The molecule has 0 aliphatic rings. The van der Waals surface area contributed by atoms with Gasteiger partial charge in [-0.3, -0.25) is 9.59 Å². The number of hydrogen-bond acceptors (Lipinski definition) is 4. The Bertz CT molecular complexity index is 439. The standard InChI is InChI=1S/C10H20N2O5S/c1-9(2,12-18(5,16)17)6-11-7(13)10(3,4)8(14)15/h12H,6H2,1-5H3,(H,11,13)(H,14,15). The SMILES string of the molecule is CC(C)(CNC(=O)C(C)(C)C(=O)O)NS(C)(=O)=O. The summed E-state index contributed by atoms with van der Waals surface area (Å²) in [4.78, 5) is 22.5. The second-order valence-electron chi connectivity index (χ2n) is 5.37. The van der Waals surface area contributed by atoms with Gasteiger partial charge in [-0.05, 0) is 27.7 Å². The van der Waals surface area contributed by atoms with Crippen LogP contribution >= 0.6 is 0 Å². The predicted octanol–water partition coefficient (Wildman–Crippen LogP) is -0.459. The molecule has 0 aliphatic heterocycles. The smallest absolute Gasteiger partial charge is 0.318 e. The number of aliphatic carboxylic acids is 1. The Kier molecular flexibility index (Phi) is 4.90. The highest BCUT2D eigenvalue weighted by Gasteiger charge is 2.36. The van der Waals surface area contributed by atoms with Crippen LogP contribution in [0.4, 0.5) is 0 Å². The first kappa shape index (κ1) is 16.9. The van der Waals surface area contributed by atoms with E-state index >= 15 is 0 Å². The molecule has 3 N–H and O–H groups in total. The number of nitrogens with one attached hydrogen (secondary N) is 2. The molecule has 0 aromatic carbocycles. The lowest BCUT2D eigenvalue weighted by atomic mass is 9.92. The fraction of sp³-hybridized carbons (Fsp3) is 0.800. The summed E-state index contributed by atoms with van der Waals surface area (Å²) in [5, 5.41) is 11.3. The number of carbonyl (C=O) groups is 2. The van der Waals surface area contributed by atoms with Crippen LogP contribution in [0.1, 0.15) is 27.7 Å². The van der Waals surface area contributed by atoms with Crippen LogP contribution in [-0.2, 0) is 19.6 Å². The van der Waals surface area contributed by atoms with E-state index in [0.717, 1.165) is 6.26 Å². The van der Waals surface area contributed by atoms with E-state index in [1.54, 1.807) is 13.8 Å². The fourth-order valence-electron chi connectivity index (χ4n) is 1.16. The number of rotatable bonds is 6. The second kappa shape index (κ2) is 5.23. The predicted molar refractivity (Wildman–Crippen MR) is 66.5 cm³/mol. The van der Waals surface area contributed by atoms with Crippen LogP contribution < -0.4 is 10.0 Å². The van der Waals surface area contributed by atoms with E-state index in [0.29, 0.717) is 0 Å². The number of carbonyl (C=O) groups excluding carboxylic acids is 1. The monoisotopic (exact) mass is 280 g/mol. The average molecular weight is 280 g/mol. The molecule has 0 spiro atoms. The van der Waals surface area contributed by atoms with Crippen molar-refractivity contribution in [2.24, 2.45) is 5.41 Å². The first-order valence-electron chi connectivity index (χ1n) is 5.28. The van der Waals surface area contributed by atoms with E-state index in [-0.39, 0.29) is 6.54 Å². The lowest BCUT2D eigenvalue weighted by molar-refractivity contribution is -0.153. The van der Waals surface area contributed by atoms with Crippen molar-refractivity contribution in [2.75, 3.05) is 12.8 Å². The third-order valence-electron chi connectivity index (χ3n) is 2.25. The maximum Gasteiger partial charge on any atom is 0.318 e. The van der Waals surface area contributed by atoms with E-state index in [2.05, 4.69) is 10.0 Å². The highest BCUT2D eigenvalue weighted by Crippen LogP contribution is 2.15. The number of carboxylic acids is 1. The van der Waals surface area contributed by atoms with Crippen LogP contribution in [0.2, 0.25) is 0 Å². The van der Waals surface area contributed by atoms with Crippen LogP contribution in [0.5, 0.6) is 0 Å². The van der Waals surface area contributed by atoms with Crippen molar-refractivity contribution in [1.29, 1.82) is 0 Å². The summed E-state index contributed by atoms with van der Waals surface area (Å²) in [6.07, 6.45) is 1.01. The Morgan fingerprint density at radius 3 is 1.94 bits per heavy atom. The van der Waals surface area contributed by atoms with E-state index in [4.69, 9.17) is 5.11 Å². The van der Waals surface area contributed by atoms with Gasteiger partial charge in [0.15, 0.2) is 0 Å². The zero-order valence-electron chi connectivity index (χ0n) is 11.2. The molecule has 0 bridgehead atoms. The lowest BCUT2D eigenvalue weighted by Gasteiger charge is -2.27. The Labute approximate surface area is 107 Å². The number of hydrogen-bond donors (Lipinski definition) is 3. The molecule has 8 heteroatoms. The van der Waals surface area contributed by atoms with Gasteiger partial charge >= 0.3 is 5.97 Å². The van der Waals surface area contributed by atoms with E-state index in [1.807, 2.05) is 0 Å². The largest absolute Gasteiger partial charge is 0.480 e. The highest BCUT2D eigenvalue weighted by molar-refractivity contribution is 7.88. The number of amides is 1. The van der Waals surface area contributed by atoms with Gasteiger partial charge in [0.1, 0.15) is 5.41 Å². The molecule has 0 aromatic rings. The van der Waals surface area contributed by atoms with Gasteiger partial charge in [0.2, 0.25) is 15.9 Å². The van der Waals surface area contributed by atoms with Gasteiger partial charge in [0, 0.05) is 12.1 Å². The quantitative estimate of drug-likeness (QED) is 0.570. The highest BCUT2D eigenvalue weighted by atomic mass is 32.2. The van der Waals surface area contributed by atoms with Gasteiger partial charge < -0.3 is 10.4 Å². The summed E-state index contributed by atoms with van der Waals surface area (Å²) < 4.78 is 24.5. The summed E-state index contributed by atoms with van der Waals surface area (Å²) in [6.45, 7) is 5.73. The molecule has 0 aromatic heterocycles. The van der Waals surface area contributed by atoms with Crippen molar-refractivity contribution in [1.82, 2.24) is 10.0 Å². The molecule has 0 unspecified atom stereocenters. The van der Waals surface area contributed by atoms with Gasteiger partial charge in [0.25, 0.3) is 0 Å². The molecule has 0 atom stereocenters. The minimum absolute atomic E-state index is 0.00435. The summed E-state index contributed by atoms with van der Waals surface area (Å²) in [5.74, 6) is -1.91. The molecular formula is C10H20N2O5S. The summed E-state index contributed by atoms with van der Waals surface area (Å²) >= 11 is 0. The van der Waals surface area contributed by atoms with Crippen molar-refractivity contribution in [3.63, 3.8) is 0 Å². The average Bonchev–Trinajstić information content (AvgIpc) is 2.09. The third-order valence-corrected chi connectivity index (χ3v) is 3.18. The topological polar surface area (TPSA) is 113 Å². The molecule has 7 nitrogen and oxygen atoms in total. The molecule has 0 saturated heterocycles. The van der Waals surface area contributed by atoms with Crippen molar-refractivity contribution in [2.45, 2.75) is 33.2 Å². The van der Waals surface area contributed by atoms with Gasteiger partial charge in [-0.2, -0.15) is 0 Å². The van der Waals surface area contributed by atoms with Crippen molar-refractivity contribution in [3.05, 3.63) is 0 Å². The fourth-order valence-corrected chi connectivity index (χ4v) is 2.23. The van der Waals surface area contributed by atoms with E-state index in [1.165, 1.54) is 13.8 Å². The van der Waals surface area contributed by atoms with Gasteiger partial charge in [-0.25, -0.2) is 13.1 Å². The van der Waals surface area contributed by atoms with Crippen LogP contribution in [-0.4, -0.2) is 43.7 Å². The minimum Gasteiger partial charge on any atom is -0.480 e. The van der Waals surface area contributed by atoms with E-state index < -0.39 is 32.9 Å². The minimum atomic E-state index is -3.40. The first-order chi connectivity index (χ1) is 7.78. The second-order valence-corrected chi connectivity index (χ2v) is 7.12. The first-order valence-corrected chi connectivity index (χ1v) is 7.18. The zero-order valence-corrected chi connectivity index (χ0v) is 12.0. The van der Waals surface area contributed by atoms with E-state index in [9.17, 15) is 18.0 Å². The lowest BCUT2D eigenvalue weighted by Crippen LogP contribution is -2.53. The van der Waals surface area contributed by atoms with Crippen LogP contribution in [0, 0.1) is 5.41 Å². The van der Waals surface area contributed by atoms with Crippen LogP contribution in [0.25, 0.3) is 0 Å². The zero-order chi connectivity index (χ0) is 14.8. The molecule has 0 rings (SSSR count). The molecule has 18 heavy (non-hydrogen) atoms. The molecule has 106 valence electrons. The van der Waals surface area contributed by atoms with Gasteiger partial charge in [-0.15, -0.1) is 0 Å². The van der Waals surface area contributed by atoms with Crippen molar-refractivity contribution >= 4 is 21.9 Å². The molecular weight excluding hydrogens is 260 g/mol. The third kappa shape index (κ3) is 5.46. The Morgan fingerprint density at radius 2 is 1.61 bits per heavy atom. The van der Waals surface area contributed by atoms with Crippen LogP contribution in [0.3, 0.4) is 0 Å². The van der Waals surface area contributed by atoms with Gasteiger partial charge in [-0.1, -0.05) is 0 Å². The van der Waals surface area contributed by atoms with Gasteiger partial charge in [0.05, 0.1) is 6.26 Å². The summed E-state index contributed by atoms with van der Waals surface area (Å²) in [7, 11) is -3.40. The molecule has 1 amide bonds. The molecule has 0 aliphatic carbocycles. The maximum atomic E-state index is 11.6. The van der Waals surface area contributed by atoms with Crippen molar-refractivity contribution < 1.29 is 23.1 Å². The number of sulfonamides is 1. The molecule has 0 fully saturated rings. The van der Waals surface area contributed by atoms with Crippen molar-refractivity contribution in [3.8, 4) is 0 Å².